The van der Waals surface area contributed by atoms with Gasteiger partial charge in [0.1, 0.15) is 5.78 Å². The zero-order valence-corrected chi connectivity index (χ0v) is 11.9. The highest BCUT2D eigenvalue weighted by Gasteiger charge is 2.26. The number of benzene rings is 2. The Kier molecular flexibility index (Phi) is 3.68. The van der Waals surface area contributed by atoms with Crippen LogP contribution in [-0.2, 0) is 17.6 Å². The maximum atomic E-state index is 12.1. The molecule has 0 aliphatic heterocycles. The quantitative estimate of drug-likeness (QED) is 0.790. The fourth-order valence-electron chi connectivity index (χ4n) is 3.07. The van der Waals surface area contributed by atoms with Gasteiger partial charge in [0.2, 0.25) is 0 Å². The zero-order chi connectivity index (χ0) is 13.9. The lowest BCUT2D eigenvalue weighted by molar-refractivity contribution is -0.119. The van der Waals surface area contributed by atoms with Gasteiger partial charge in [0.15, 0.2) is 0 Å². The Labute approximate surface area is 120 Å². The largest absolute Gasteiger partial charge is 0.300 e. The summed E-state index contributed by atoms with van der Waals surface area (Å²) in [7, 11) is 0. The van der Waals surface area contributed by atoms with E-state index in [0.717, 1.165) is 12.8 Å². The molecule has 1 heteroatoms. The molecular formula is C19H20O. The van der Waals surface area contributed by atoms with Crippen LogP contribution in [0.2, 0.25) is 0 Å². The van der Waals surface area contributed by atoms with Gasteiger partial charge in [-0.2, -0.15) is 0 Å². The van der Waals surface area contributed by atoms with Gasteiger partial charge in [0, 0.05) is 12.8 Å². The lowest BCUT2D eigenvalue weighted by Crippen LogP contribution is -2.20. The first-order valence-electron chi connectivity index (χ1n) is 7.37. The third-order valence-electron chi connectivity index (χ3n) is 4.21. The minimum absolute atomic E-state index is 0.394. The van der Waals surface area contributed by atoms with Gasteiger partial charge in [-0.05, 0) is 42.4 Å². The van der Waals surface area contributed by atoms with Crippen molar-refractivity contribution in [2.75, 3.05) is 0 Å². The van der Waals surface area contributed by atoms with Crippen molar-refractivity contribution in [3.05, 3.63) is 70.8 Å². The van der Waals surface area contributed by atoms with Crippen molar-refractivity contribution in [3.8, 4) is 0 Å². The molecule has 3 rings (SSSR count). The molecule has 0 saturated heterocycles. The predicted molar refractivity (Wildman–Crippen MR) is 82.0 cm³/mol. The maximum Gasteiger partial charge on any atom is 0.133 e. The second-order valence-corrected chi connectivity index (χ2v) is 5.83. The third-order valence-corrected chi connectivity index (χ3v) is 4.21. The van der Waals surface area contributed by atoms with Crippen LogP contribution in [0.5, 0.6) is 0 Å². The van der Waals surface area contributed by atoms with Crippen LogP contribution >= 0.6 is 0 Å². The number of hydrogen-bond donors (Lipinski definition) is 0. The number of ketones is 1. The maximum absolute atomic E-state index is 12.1. The van der Waals surface area contributed by atoms with E-state index in [-0.39, 0.29) is 0 Å². The lowest BCUT2D eigenvalue weighted by Gasteiger charge is -2.29. The smallest absolute Gasteiger partial charge is 0.133 e. The van der Waals surface area contributed by atoms with E-state index < -0.39 is 0 Å². The molecule has 2 aromatic rings. The van der Waals surface area contributed by atoms with Crippen LogP contribution in [0.4, 0.5) is 0 Å². The van der Waals surface area contributed by atoms with Crippen molar-refractivity contribution >= 4 is 5.78 Å². The minimum atomic E-state index is 0.394. The van der Waals surface area contributed by atoms with Crippen molar-refractivity contribution in [2.24, 2.45) is 0 Å². The lowest BCUT2D eigenvalue weighted by atomic mass is 9.75. The van der Waals surface area contributed by atoms with E-state index in [2.05, 4.69) is 55.5 Å². The van der Waals surface area contributed by atoms with Gasteiger partial charge in [-0.25, -0.2) is 0 Å². The molecular weight excluding hydrogens is 244 g/mol. The summed E-state index contributed by atoms with van der Waals surface area (Å²) in [5.74, 6) is 0.863. The van der Waals surface area contributed by atoms with Crippen LogP contribution < -0.4 is 0 Å². The summed E-state index contributed by atoms with van der Waals surface area (Å²) in [5.41, 5.74) is 5.34. The van der Waals surface area contributed by atoms with Crippen molar-refractivity contribution in [3.63, 3.8) is 0 Å². The van der Waals surface area contributed by atoms with Crippen molar-refractivity contribution in [1.82, 2.24) is 0 Å². The van der Waals surface area contributed by atoms with Gasteiger partial charge in [-0.3, -0.25) is 4.79 Å². The van der Waals surface area contributed by atoms with E-state index in [1.165, 1.54) is 22.3 Å². The number of Topliss-reactive ketones (excluding diaryl/α,β-unsaturated/α-hetero) is 1. The number of carbonyl (C=O) groups is 1. The molecule has 20 heavy (non-hydrogen) atoms. The molecule has 0 amide bonds. The van der Waals surface area contributed by atoms with Crippen LogP contribution in [0.1, 0.15) is 41.0 Å². The van der Waals surface area contributed by atoms with Crippen LogP contribution in [0.25, 0.3) is 0 Å². The van der Waals surface area contributed by atoms with E-state index in [1.807, 2.05) is 0 Å². The topological polar surface area (TPSA) is 17.1 Å². The van der Waals surface area contributed by atoms with Gasteiger partial charge >= 0.3 is 0 Å². The Hall–Kier alpha value is -1.89. The molecule has 0 aromatic heterocycles. The summed E-state index contributed by atoms with van der Waals surface area (Å²) in [4.78, 5) is 12.1. The van der Waals surface area contributed by atoms with Gasteiger partial charge in [-0.1, -0.05) is 54.1 Å². The Morgan fingerprint density at radius 2 is 2.00 bits per heavy atom. The average Bonchev–Trinajstić information content (AvgIpc) is 2.43. The molecule has 0 saturated carbocycles. The first-order valence-corrected chi connectivity index (χ1v) is 7.37. The van der Waals surface area contributed by atoms with Gasteiger partial charge in [-0.15, -0.1) is 0 Å². The summed E-state index contributed by atoms with van der Waals surface area (Å²) < 4.78 is 0. The number of hydrogen-bond acceptors (Lipinski definition) is 1. The third kappa shape index (κ3) is 2.82. The fourth-order valence-corrected chi connectivity index (χ4v) is 3.07. The zero-order valence-electron chi connectivity index (χ0n) is 11.9. The van der Waals surface area contributed by atoms with Gasteiger partial charge < -0.3 is 0 Å². The van der Waals surface area contributed by atoms with Gasteiger partial charge in [0.05, 0.1) is 0 Å². The second-order valence-electron chi connectivity index (χ2n) is 5.83. The van der Waals surface area contributed by atoms with Crippen LogP contribution in [0, 0.1) is 6.92 Å². The number of aryl methyl sites for hydroxylation is 2. The monoisotopic (exact) mass is 264 g/mol. The van der Waals surface area contributed by atoms with E-state index in [1.54, 1.807) is 0 Å². The van der Waals surface area contributed by atoms with Crippen molar-refractivity contribution < 1.29 is 4.79 Å². The molecule has 102 valence electrons. The standard InChI is InChI=1S/C19H20O/c1-14-5-4-6-15(11-14)9-10-18(20)13-17-12-16-7-2-3-8-19(16)17/h2-8,11,17H,9-10,12-13H2,1H3. The Balaban J connectivity index is 1.52. The number of fused-ring (bicyclic) bond motifs is 1. The molecule has 0 bridgehead atoms. The molecule has 2 aromatic carbocycles. The van der Waals surface area contributed by atoms with Crippen molar-refractivity contribution in [2.45, 2.75) is 38.5 Å². The highest BCUT2D eigenvalue weighted by atomic mass is 16.1. The normalized spacial score (nSPS) is 16.4. The number of carbonyl (C=O) groups excluding carboxylic acids is 1. The van der Waals surface area contributed by atoms with Crippen LogP contribution in [-0.4, -0.2) is 5.78 Å². The van der Waals surface area contributed by atoms with E-state index in [0.29, 0.717) is 24.5 Å². The second kappa shape index (κ2) is 5.62. The predicted octanol–water partition coefficient (Wildman–Crippen LogP) is 4.23. The fraction of sp³-hybridized carbons (Fsp3) is 0.316. The molecule has 1 atom stereocenters. The first-order chi connectivity index (χ1) is 9.72. The van der Waals surface area contributed by atoms with Crippen LogP contribution in [0.15, 0.2) is 48.5 Å². The summed E-state index contributed by atoms with van der Waals surface area (Å²) in [6.07, 6.45) is 3.33. The highest BCUT2D eigenvalue weighted by molar-refractivity contribution is 5.80. The Morgan fingerprint density at radius 3 is 2.80 bits per heavy atom. The SMILES string of the molecule is Cc1cccc(CCC(=O)CC2Cc3ccccc32)c1. The molecule has 1 aliphatic carbocycles. The van der Waals surface area contributed by atoms with Gasteiger partial charge in [0.25, 0.3) is 0 Å². The molecule has 1 nitrogen and oxygen atoms in total. The Bertz CT molecular complexity index is 627. The average molecular weight is 264 g/mol. The minimum Gasteiger partial charge on any atom is -0.300 e. The molecule has 0 heterocycles. The molecule has 0 N–H and O–H groups in total. The Morgan fingerprint density at radius 1 is 1.15 bits per heavy atom. The molecule has 0 spiro atoms. The van der Waals surface area contributed by atoms with E-state index in [4.69, 9.17) is 0 Å². The van der Waals surface area contributed by atoms with Crippen LogP contribution in [0.3, 0.4) is 0 Å². The molecule has 0 radical (unpaired) electrons. The summed E-state index contributed by atoms with van der Waals surface area (Å²) >= 11 is 0. The molecule has 0 fully saturated rings. The summed E-state index contributed by atoms with van der Waals surface area (Å²) in [6, 6.07) is 16.9. The first kappa shape index (κ1) is 13.1. The molecule has 1 unspecified atom stereocenters. The summed E-state index contributed by atoms with van der Waals surface area (Å²) in [5, 5.41) is 0. The van der Waals surface area contributed by atoms with E-state index in [9.17, 15) is 4.79 Å². The highest BCUT2D eigenvalue weighted by Crippen LogP contribution is 2.37. The number of rotatable bonds is 5. The van der Waals surface area contributed by atoms with E-state index >= 15 is 0 Å². The summed E-state index contributed by atoms with van der Waals surface area (Å²) in [6.45, 7) is 2.09. The van der Waals surface area contributed by atoms with Crippen molar-refractivity contribution in [1.29, 1.82) is 0 Å². The molecule has 1 aliphatic rings.